The van der Waals surface area contributed by atoms with Crippen molar-refractivity contribution in [3.63, 3.8) is 0 Å². The molecule has 0 aromatic heterocycles. The number of nitrogens with zero attached hydrogens (tertiary/aromatic N) is 1. The van der Waals surface area contributed by atoms with Gasteiger partial charge in [-0.15, -0.1) is 0 Å². The van der Waals surface area contributed by atoms with Crippen molar-refractivity contribution < 1.29 is 4.74 Å². The predicted molar refractivity (Wildman–Crippen MR) is 85.7 cm³/mol. The number of rotatable bonds is 7. The number of ether oxygens (including phenoxy) is 1. The molecule has 3 nitrogen and oxygen atoms in total. The first kappa shape index (κ1) is 15.2. The second-order valence-corrected chi connectivity index (χ2v) is 5.54. The Balaban J connectivity index is 2.03. The molecule has 0 aliphatic heterocycles. The lowest BCUT2D eigenvalue weighted by Crippen LogP contribution is -2.25. The van der Waals surface area contributed by atoms with E-state index in [0.29, 0.717) is 6.04 Å². The average molecular weight is 276 g/mol. The fourth-order valence-corrected chi connectivity index (χ4v) is 3.05. The lowest BCUT2D eigenvalue weighted by molar-refractivity contribution is 0.413. The van der Waals surface area contributed by atoms with E-state index in [2.05, 4.69) is 42.3 Å². The number of methoxy groups -OCH3 is 1. The van der Waals surface area contributed by atoms with Gasteiger partial charge >= 0.3 is 0 Å². The highest BCUT2D eigenvalue weighted by Crippen LogP contribution is 2.29. The quantitative estimate of drug-likeness (QED) is 0.824. The van der Waals surface area contributed by atoms with Crippen molar-refractivity contribution in [1.29, 1.82) is 0 Å². The summed E-state index contributed by atoms with van der Waals surface area (Å²) in [6.45, 7) is 7.32. The van der Waals surface area contributed by atoms with E-state index in [1.165, 1.54) is 36.9 Å². The molecule has 112 valence electrons. The summed E-state index contributed by atoms with van der Waals surface area (Å²) in [5.74, 6) is 0.986. The van der Waals surface area contributed by atoms with E-state index in [-0.39, 0.29) is 0 Å². The zero-order valence-electron chi connectivity index (χ0n) is 13.1. The van der Waals surface area contributed by atoms with Crippen molar-refractivity contribution in [3.8, 4) is 5.75 Å². The molecule has 1 fully saturated rings. The number of hydrogen-bond donors (Lipinski definition) is 1. The predicted octanol–water partition coefficient (Wildman–Crippen LogP) is 3.57. The Labute approximate surface area is 123 Å². The van der Waals surface area contributed by atoms with E-state index in [9.17, 15) is 0 Å². The van der Waals surface area contributed by atoms with Crippen molar-refractivity contribution in [1.82, 2.24) is 5.32 Å². The summed E-state index contributed by atoms with van der Waals surface area (Å²) in [7, 11) is 1.76. The second kappa shape index (κ2) is 7.53. The Hall–Kier alpha value is -1.22. The third-order valence-electron chi connectivity index (χ3n) is 4.30. The van der Waals surface area contributed by atoms with Crippen LogP contribution in [0, 0.1) is 0 Å². The lowest BCUT2D eigenvalue weighted by atomic mass is 10.1. The fourth-order valence-electron chi connectivity index (χ4n) is 3.05. The molecule has 2 rings (SSSR count). The van der Waals surface area contributed by atoms with Crippen LogP contribution in [0.3, 0.4) is 0 Å². The minimum absolute atomic E-state index is 0.712. The van der Waals surface area contributed by atoms with Crippen molar-refractivity contribution in [2.24, 2.45) is 0 Å². The van der Waals surface area contributed by atoms with Crippen molar-refractivity contribution in [2.75, 3.05) is 25.1 Å². The molecule has 0 atom stereocenters. The molecule has 0 spiro atoms. The summed E-state index contributed by atoms with van der Waals surface area (Å²) in [5, 5.41) is 3.66. The second-order valence-electron chi connectivity index (χ2n) is 5.54. The molecule has 1 aromatic carbocycles. The van der Waals surface area contributed by atoms with Gasteiger partial charge in [0.2, 0.25) is 0 Å². The van der Waals surface area contributed by atoms with Crippen LogP contribution in [-0.2, 0) is 6.54 Å². The Morgan fingerprint density at radius 2 is 1.90 bits per heavy atom. The molecule has 3 heteroatoms. The van der Waals surface area contributed by atoms with E-state index in [4.69, 9.17) is 4.74 Å². The van der Waals surface area contributed by atoms with Crippen molar-refractivity contribution >= 4 is 5.69 Å². The molecule has 0 heterocycles. The maximum absolute atomic E-state index is 5.57. The van der Waals surface area contributed by atoms with Gasteiger partial charge < -0.3 is 15.0 Å². The molecule has 20 heavy (non-hydrogen) atoms. The molecule has 0 saturated heterocycles. The van der Waals surface area contributed by atoms with Gasteiger partial charge in [0.25, 0.3) is 0 Å². The summed E-state index contributed by atoms with van der Waals surface area (Å²) >= 11 is 0. The van der Waals surface area contributed by atoms with Gasteiger partial charge in [-0.1, -0.05) is 18.9 Å². The number of anilines is 1. The molecule has 1 aliphatic carbocycles. The van der Waals surface area contributed by atoms with Crippen molar-refractivity contribution in [2.45, 2.75) is 52.1 Å². The van der Waals surface area contributed by atoms with E-state index in [1.807, 2.05) is 0 Å². The van der Waals surface area contributed by atoms with E-state index >= 15 is 0 Å². The van der Waals surface area contributed by atoms with Crippen LogP contribution in [0.1, 0.15) is 45.1 Å². The van der Waals surface area contributed by atoms with E-state index in [1.54, 1.807) is 7.11 Å². The normalized spacial score (nSPS) is 15.6. The molecule has 0 unspecified atom stereocenters. The van der Waals surface area contributed by atoms with Crippen LogP contribution in [0.5, 0.6) is 5.75 Å². The minimum atomic E-state index is 0.712. The van der Waals surface area contributed by atoms with Gasteiger partial charge in [0.05, 0.1) is 12.8 Å². The van der Waals surface area contributed by atoms with Crippen molar-refractivity contribution in [3.05, 3.63) is 23.8 Å². The van der Waals surface area contributed by atoms with Crippen LogP contribution in [-0.4, -0.2) is 26.2 Å². The molecular weight excluding hydrogens is 248 g/mol. The zero-order valence-corrected chi connectivity index (χ0v) is 13.1. The highest BCUT2D eigenvalue weighted by Gasteiger charge is 2.15. The smallest absolute Gasteiger partial charge is 0.142 e. The van der Waals surface area contributed by atoms with Crippen LogP contribution in [0.15, 0.2) is 18.2 Å². The van der Waals surface area contributed by atoms with Gasteiger partial charge in [0.15, 0.2) is 0 Å². The maximum atomic E-state index is 5.57. The highest BCUT2D eigenvalue weighted by molar-refractivity contribution is 5.59. The number of nitrogens with one attached hydrogen (secondary N) is 1. The summed E-state index contributed by atoms with van der Waals surface area (Å²) in [6, 6.07) is 7.30. The Bertz CT molecular complexity index is 409. The van der Waals surface area contributed by atoms with Gasteiger partial charge in [-0.2, -0.15) is 0 Å². The summed E-state index contributed by atoms with van der Waals surface area (Å²) in [5.41, 5.74) is 2.51. The molecule has 1 saturated carbocycles. The molecule has 1 aromatic rings. The van der Waals surface area contributed by atoms with E-state index in [0.717, 1.165) is 25.4 Å². The molecule has 0 radical (unpaired) electrons. The molecule has 0 bridgehead atoms. The molecular formula is C17H28N2O. The SMILES string of the molecule is CCN(CC)c1ccc(CNC2CCCC2)cc1OC. The van der Waals surface area contributed by atoms with Crippen LogP contribution < -0.4 is 15.0 Å². The zero-order chi connectivity index (χ0) is 14.4. The number of benzene rings is 1. The molecule has 1 N–H and O–H groups in total. The van der Waals surface area contributed by atoms with Crippen LogP contribution in [0.2, 0.25) is 0 Å². The summed E-state index contributed by atoms with van der Waals surface area (Å²) in [4.78, 5) is 2.33. The first-order chi connectivity index (χ1) is 9.78. The Morgan fingerprint density at radius 3 is 2.50 bits per heavy atom. The lowest BCUT2D eigenvalue weighted by Gasteiger charge is -2.24. The largest absolute Gasteiger partial charge is 0.495 e. The summed E-state index contributed by atoms with van der Waals surface area (Å²) < 4.78 is 5.57. The summed E-state index contributed by atoms with van der Waals surface area (Å²) in [6.07, 6.45) is 5.41. The van der Waals surface area contributed by atoms with Gasteiger partial charge in [-0.05, 0) is 44.4 Å². The first-order valence-corrected chi connectivity index (χ1v) is 7.93. The Morgan fingerprint density at radius 1 is 1.20 bits per heavy atom. The monoisotopic (exact) mass is 276 g/mol. The maximum Gasteiger partial charge on any atom is 0.142 e. The van der Waals surface area contributed by atoms with Gasteiger partial charge in [0.1, 0.15) is 5.75 Å². The highest BCUT2D eigenvalue weighted by atomic mass is 16.5. The fraction of sp³-hybridized carbons (Fsp3) is 0.647. The topological polar surface area (TPSA) is 24.5 Å². The Kier molecular flexibility index (Phi) is 5.72. The molecule has 1 aliphatic rings. The average Bonchev–Trinajstić information content (AvgIpc) is 3.00. The van der Waals surface area contributed by atoms with Gasteiger partial charge in [-0.25, -0.2) is 0 Å². The first-order valence-electron chi connectivity index (χ1n) is 7.93. The van der Waals surface area contributed by atoms with Crippen LogP contribution >= 0.6 is 0 Å². The van der Waals surface area contributed by atoms with E-state index < -0.39 is 0 Å². The van der Waals surface area contributed by atoms with Gasteiger partial charge in [-0.3, -0.25) is 0 Å². The van der Waals surface area contributed by atoms with Crippen LogP contribution in [0.25, 0.3) is 0 Å². The molecule has 0 amide bonds. The third-order valence-corrected chi connectivity index (χ3v) is 4.30. The standard InChI is InChI=1S/C17H28N2O/c1-4-19(5-2)16-11-10-14(12-17(16)20-3)13-18-15-8-6-7-9-15/h10-12,15,18H,4-9,13H2,1-3H3. The number of hydrogen-bond acceptors (Lipinski definition) is 3. The third kappa shape index (κ3) is 3.66. The minimum Gasteiger partial charge on any atom is -0.495 e. The van der Waals surface area contributed by atoms with Crippen LogP contribution in [0.4, 0.5) is 5.69 Å². The van der Waals surface area contributed by atoms with Gasteiger partial charge in [0, 0.05) is 25.7 Å².